The van der Waals surface area contributed by atoms with Gasteiger partial charge in [-0.15, -0.1) is 0 Å². The molecule has 0 aliphatic heterocycles. The largest absolute Gasteiger partial charge is 0.432 e. The number of rotatable bonds is 6. The number of aliphatic hydroxyl groups excluding tert-OH is 2. The lowest BCUT2D eigenvalue weighted by Crippen LogP contribution is -2.56. The van der Waals surface area contributed by atoms with Crippen LogP contribution in [0.2, 0.25) is 0 Å². The van der Waals surface area contributed by atoms with E-state index in [4.69, 9.17) is 10.2 Å². The molecule has 2 atom stereocenters. The molecular formula is C14H10F12O2. The zero-order chi connectivity index (χ0) is 22.4. The number of alkyl halides is 12. The smallest absolute Gasteiger partial charge is 0.390 e. The fourth-order valence-electron chi connectivity index (χ4n) is 2.33. The first-order valence-corrected chi connectivity index (χ1v) is 6.93. The lowest BCUT2D eigenvalue weighted by atomic mass is 9.82. The second-order valence-corrected chi connectivity index (χ2v) is 5.62. The van der Waals surface area contributed by atoms with Gasteiger partial charge >= 0.3 is 24.2 Å². The van der Waals surface area contributed by atoms with Crippen LogP contribution in [0.5, 0.6) is 0 Å². The Bertz CT molecular complexity index is 643. The van der Waals surface area contributed by atoms with Gasteiger partial charge in [0.1, 0.15) is 13.2 Å². The summed E-state index contributed by atoms with van der Waals surface area (Å²) in [4.78, 5) is 0. The molecule has 0 fully saturated rings. The van der Waals surface area contributed by atoms with Crippen molar-refractivity contribution in [3.63, 3.8) is 0 Å². The Balaban J connectivity index is 3.87. The highest BCUT2D eigenvalue weighted by Crippen LogP contribution is 2.56. The Morgan fingerprint density at radius 1 is 0.571 bits per heavy atom. The minimum Gasteiger partial charge on any atom is -0.390 e. The highest BCUT2D eigenvalue weighted by atomic mass is 19.4. The lowest BCUT2D eigenvalue weighted by Gasteiger charge is -2.37. The van der Waals surface area contributed by atoms with Crippen LogP contribution in [0.1, 0.15) is 11.1 Å². The van der Waals surface area contributed by atoms with Crippen LogP contribution >= 0.6 is 0 Å². The maximum absolute atomic E-state index is 14.4. The first kappa shape index (κ1) is 24.3. The van der Waals surface area contributed by atoms with Crippen molar-refractivity contribution in [2.45, 2.75) is 35.5 Å². The Labute approximate surface area is 148 Å². The molecule has 162 valence electrons. The Morgan fingerprint density at radius 3 is 1.07 bits per heavy atom. The monoisotopic (exact) mass is 438 g/mol. The third-order valence-corrected chi connectivity index (χ3v) is 3.84. The predicted octanol–water partition coefficient (Wildman–Crippen LogP) is 4.40. The van der Waals surface area contributed by atoms with Crippen molar-refractivity contribution in [1.82, 2.24) is 0 Å². The van der Waals surface area contributed by atoms with Gasteiger partial charge in [-0.3, -0.25) is 0 Å². The summed E-state index contributed by atoms with van der Waals surface area (Å²) in [5.41, 5.74) is -16.4. The van der Waals surface area contributed by atoms with Crippen molar-refractivity contribution < 1.29 is 62.9 Å². The Morgan fingerprint density at radius 2 is 0.857 bits per heavy atom. The van der Waals surface area contributed by atoms with Crippen molar-refractivity contribution in [2.75, 3.05) is 13.2 Å². The average Bonchev–Trinajstić information content (AvgIpc) is 2.57. The molecule has 0 spiro atoms. The van der Waals surface area contributed by atoms with Crippen LogP contribution in [0.4, 0.5) is 52.7 Å². The second-order valence-electron chi connectivity index (χ2n) is 5.62. The van der Waals surface area contributed by atoms with E-state index >= 15 is 0 Å². The number of hydrogen-bond acceptors (Lipinski definition) is 2. The van der Waals surface area contributed by atoms with Gasteiger partial charge in [0.05, 0.1) is 0 Å². The molecule has 2 N–H and O–H groups in total. The van der Waals surface area contributed by atoms with Gasteiger partial charge in [-0.1, -0.05) is 18.2 Å². The number of hydrogen-bond donors (Lipinski definition) is 2. The molecule has 0 bridgehead atoms. The maximum Gasteiger partial charge on any atom is 0.432 e. The molecular weight excluding hydrogens is 428 g/mol. The van der Waals surface area contributed by atoms with Crippen LogP contribution in [0, 0.1) is 0 Å². The highest BCUT2D eigenvalue weighted by molar-refractivity contribution is 5.37. The minimum atomic E-state index is -6.55. The van der Waals surface area contributed by atoms with Gasteiger partial charge < -0.3 is 10.2 Å². The van der Waals surface area contributed by atoms with Crippen molar-refractivity contribution in [3.05, 3.63) is 35.4 Å². The summed E-state index contributed by atoms with van der Waals surface area (Å²) in [5, 5.41) is 16.8. The molecule has 2 nitrogen and oxygen atoms in total. The first-order chi connectivity index (χ1) is 12.3. The fourth-order valence-corrected chi connectivity index (χ4v) is 2.33. The van der Waals surface area contributed by atoms with E-state index in [1.807, 2.05) is 0 Å². The van der Waals surface area contributed by atoms with Gasteiger partial charge in [-0.05, 0) is 6.07 Å². The summed E-state index contributed by atoms with van der Waals surface area (Å²) < 4.78 is 161. The van der Waals surface area contributed by atoms with Crippen LogP contribution < -0.4 is 0 Å². The maximum atomic E-state index is 14.4. The van der Waals surface area contributed by atoms with E-state index in [0.717, 1.165) is 0 Å². The molecule has 0 aromatic heterocycles. The van der Waals surface area contributed by atoms with Gasteiger partial charge in [-0.25, -0.2) is 8.78 Å². The van der Waals surface area contributed by atoms with E-state index in [2.05, 4.69) is 0 Å². The van der Waals surface area contributed by atoms with E-state index in [1.54, 1.807) is 0 Å². The summed E-state index contributed by atoms with van der Waals surface area (Å²) in [6.45, 7) is -5.53. The molecule has 0 amide bonds. The third-order valence-electron chi connectivity index (χ3n) is 3.84. The molecule has 1 aromatic carbocycles. The van der Waals surface area contributed by atoms with E-state index < -0.39 is 65.9 Å². The predicted molar refractivity (Wildman–Crippen MR) is 68.2 cm³/mol. The molecule has 0 saturated heterocycles. The molecule has 0 saturated carbocycles. The normalized spacial score (nSPS) is 18.5. The van der Waals surface area contributed by atoms with E-state index in [1.165, 1.54) is 0 Å². The number of halogens is 12. The standard InChI is InChI=1S/C14H10F12O2/c15-9(16,5-27)11(19,13(21,22)23)7-2-1-3-8(4-7)12(20,14(24,25)26)10(17,18)6-28/h1-4,27-28H,5-6H2. The van der Waals surface area contributed by atoms with E-state index in [-0.39, 0.29) is 18.2 Å². The summed E-state index contributed by atoms with van der Waals surface area (Å²) in [7, 11) is 0. The van der Waals surface area contributed by atoms with E-state index in [9.17, 15) is 52.7 Å². The summed E-state index contributed by atoms with van der Waals surface area (Å²) in [6.07, 6.45) is -13.1. The summed E-state index contributed by atoms with van der Waals surface area (Å²) in [6, 6.07) is -1.09. The zero-order valence-corrected chi connectivity index (χ0v) is 13.2. The minimum absolute atomic E-state index is 0.00567. The molecule has 2 unspecified atom stereocenters. The van der Waals surface area contributed by atoms with Gasteiger partial charge in [0.2, 0.25) is 0 Å². The van der Waals surface area contributed by atoms with Crippen molar-refractivity contribution in [1.29, 1.82) is 0 Å². The topological polar surface area (TPSA) is 40.5 Å². The molecule has 14 heteroatoms. The van der Waals surface area contributed by atoms with Gasteiger partial charge in [0.25, 0.3) is 11.3 Å². The van der Waals surface area contributed by atoms with Gasteiger partial charge in [0.15, 0.2) is 0 Å². The van der Waals surface area contributed by atoms with Crippen LogP contribution in [-0.2, 0) is 11.3 Å². The van der Waals surface area contributed by atoms with Gasteiger partial charge in [-0.2, -0.15) is 43.9 Å². The van der Waals surface area contributed by atoms with Crippen LogP contribution in [0.15, 0.2) is 24.3 Å². The third kappa shape index (κ3) is 3.40. The Kier molecular flexibility index (Phi) is 6.06. The molecule has 0 aliphatic rings. The number of aliphatic hydroxyl groups is 2. The SMILES string of the molecule is OCC(F)(F)C(F)(c1cccc(C(F)(C(F)(F)F)C(F)(F)CO)c1)C(F)(F)F. The molecule has 0 heterocycles. The molecule has 1 rings (SSSR count). The zero-order valence-electron chi connectivity index (χ0n) is 13.2. The average molecular weight is 438 g/mol. The van der Waals surface area contributed by atoms with Crippen LogP contribution in [0.3, 0.4) is 0 Å². The second kappa shape index (κ2) is 6.97. The summed E-state index contributed by atoms with van der Waals surface area (Å²) in [5.74, 6) is -11.3. The quantitative estimate of drug-likeness (QED) is 0.647. The fraction of sp³-hybridized carbons (Fsp3) is 0.571. The summed E-state index contributed by atoms with van der Waals surface area (Å²) >= 11 is 0. The van der Waals surface area contributed by atoms with Crippen LogP contribution in [-0.4, -0.2) is 47.6 Å². The first-order valence-electron chi connectivity index (χ1n) is 6.93. The molecule has 28 heavy (non-hydrogen) atoms. The van der Waals surface area contributed by atoms with Crippen molar-refractivity contribution in [3.8, 4) is 0 Å². The molecule has 1 aromatic rings. The highest BCUT2D eigenvalue weighted by Gasteiger charge is 2.74. The van der Waals surface area contributed by atoms with E-state index in [0.29, 0.717) is 0 Å². The molecule has 0 radical (unpaired) electrons. The lowest BCUT2D eigenvalue weighted by molar-refractivity contribution is -0.318. The van der Waals surface area contributed by atoms with Gasteiger partial charge in [0, 0.05) is 11.1 Å². The molecule has 0 aliphatic carbocycles. The van der Waals surface area contributed by atoms with Crippen LogP contribution in [0.25, 0.3) is 0 Å². The van der Waals surface area contributed by atoms with Crippen molar-refractivity contribution >= 4 is 0 Å². The Hall–Kier alpha value is -1.70. The number of benzene rings is 1. The van der Waals surface area contributed by atoms with Crippen molar-refractivity contribution in [2.24, 2.45) is 0 Å².